The summed E-state index contributed by atoms with van der Waals surface area (Å²) in [5.41, 5.74) is 1.95. The zero-order chi connectivity index (χ0) is 25.9. The first-order valence-electron chi connectivity index (χ1n) is 11.0. The number of piperidine rings is 1. The van der Waals surface area contributed by atoms with Crippen molar-refractivity contribution in [3.05, 3.63) is 107 Å². The minimum Gasteiger partial charge on any atom is -0.326 e. The summed E-state index contributed by atoms with van der Waals surface area (Å²) in [6, 6.07) is 16.7. The molecular formula is C27H22F2N2O4S. The van der Waals surface area contributed by atoms with Gasteiger partial charge in [-0.2, -0.15) is 4.31 Å². The van der Waals surface area contributed by atoms with Crippen LogP contribution in [-0.2, 0) is 19.6 Å². The van der Waals surface area contributed by atoms with Gasteiger partial charge in [0.2, 0.25) is 15.9 Å². The number of halogens is 2. The van der Waals surface area contributed by atoms with Gasteiger partial charge in [0.1, 0.15) is 11.6 Å². The number of amides is 1. The summed E-state index contributed by atoms with van der Waals surface area (Å²) in [7, 11) is -4.03. The van der Waals surface area contributed by atoms with E-state index in [0.29, 0.717) is 16.8 Å². The molecule has 1 aliphatic heterocycles. The van der Waals surface area contributed by atoms with E-state index in [1.54, 1.807) is 0 Å². The van der Waals surface area contributed by atoms with Gasteiger partial charge in [0, 0.05) is 36.8 Å². The third-order valence-electron chi connectivity index (χ3n) is 5.51. The van der Waals surface area contributed by atoms with Crippen LogP contribution >= 0.6 is 0 Å². The Labute approximate surface area is 207 Å². The monoisotopic (exact) mass is 508 g/mol. The Morgan fingerprint density at radius 1 is 0.806 bits per heavy atom. The predicted molar refractivity (Wildman–Crippen MR) is 133 cm³/mol. The second kappa shape index (κ2) is 10.3. The zero-order valence-corrected chi connectivity index (χ0v) is 20.1. The Bertz CT molecular complexity index is 1390. The summed E-state index contributed by atoms with van der Waals surface area (Å²) in [4.78, 5) is 24.5. The lowest BCUT2D eigenvalue weighted by atomic mass is 9.95. The summed E-state index contributed by atoms with van der Waals surface area (Å²) in [5, 5.41) is 2.58. The maximum absolute atomic E-state index is 13.5. The van der Waals surface area contributed by atoms with Crippen molar-refractivity contribution < 1.29 is 26.8 Å². The van der Waals surface area contributed by atoms with Gasteiger partial charge < -0.3 is 5.32 Å². The topological polar surface area (TPSA) is 83.6 Å². The molecule has 0 atom stereocenters. The molecule has 1 N–H and O–H groups in total. The number of sulfonamides is 1. The van der Waals surface area contributed by atoms with Gasteiger partial charge in [0.15, 0.2) is 5.78 Å². The number of rotatable bonds is 5. The van der Waals surface area contributed by atoms with Gasteiger partial charge in [0.05, 0.1) is 4.90 Å². The molecule has 0 unspecified atom stereocenters. The molecule has 6 nitrogen and oxygen atoms in total. The van der Waals surface area contributed by atoms with Gasteiger partial charge >= 0.3 is 0 Å². The number of ketones is 1. The molecule has 1 aliphatic rings. The average molecular weight is 509 g/mol. The lowest BCUT2D eigenvalue weighted by molar-refractivity contribution is -0.114. The van der Waals surface area contributed by atoms with Crippen molar-refractivity contribution in [3.8, 4) is 0 Å². The van der Waals surface area contributed by atoms with Crippen LogP contribution < -0.4 is 5.32 Å². The molecular weight excluding hydrogens is 486 g/mol. The van der Waals surface area contributed by atoms with Gasteiger partial charge in [-0.15, -0.1) is 0 Å². The lowest BCUT2D eigenvalue weighted by Crippen LogP contribution is -2.41. The summed E-state index contributed by atoms with van der Waals surface area (Å²) in [5.74, 6) is -1.51. The Morgan fingerprint density at radius 2 is 1.25 bits per heavy atom. The highest BCUT2D eigenvalue weighted by atomic mass is 32.2. The summed E-state index contributed by atoms with van der Waals surface area (Å²) < 4.78 is 54.8. The second-order valence-electron chi connectivity index (χ2n) is 8.25. The van der Waals surface area contributed by atoms with Crippen molar-refractivity contribution in [2.75, 3.05) is 18.4 Å². The number of hydrogen-bond donors (Lipinski definition) is 1. The number of benzene rings is 3. The molecule has 0 aromatic heterocycles. The first kappa shape index (κ1) is 25.2. The van der Waals surface area contributed by atoms with Gasteiger partial charge in [-0.3, -0.25) is 9.59 Å². The molecule has 1 heterocycles. The zero-order valence-electron chi connectivity index (χ0n) is 19.2. The molecule has 36 heavy (non-hydrogen) atoms. The Morgan fingerprint density at radius 3 is 1.67 bits per heavy atom. The minimum atomic E-state index is -4.03. The van der Waals surface area contributed by atoms with Crippen LogP contribution in [0.1, 0.15) is 18.1 Å². The summed E-state index contributed by atoms with van der Waals surface area (Å²) in [6.45, 7) is 0.971. The number of nitrogens with zero attached hydrogens (tertiary/aromatic N) is 1. The summed E-state index contributed by atoms with van der Waals surface area (Å²) in [6.07, 6.45) is 3.06. The van der Waals surface area contributed by atoms with Gasteiger partial charge in [-0.1, -0.05) is 24.3 Å². The lowest BCUT2D eigenvalue weighted by Gasteiger charge is -2.29. The van der Waals surface area contributed by atoms with Crippen molar-refractivity contribution in [1.29, 1.82) is 0 Å². The van der Waals surface area contributed by atoms with E-state index in [2.05, 4.69) is 5.32 Å². The quantitative estimate of drug-likeness (QED) is 0.508. The van der Waals surface area contributed by atoms with Gasteiger partial charge in [0.25, 0.3) is 0 Å². The molecule has 0 spiro atoms. The van der Waals surface area contributed by atoms with Crippen LogP contribution in [-0.4, -0.2) is 37.5 Å². The standard InChI is InChI=1S/C27H22F2N2O4S/c1-18(32)30-25-10-12-26(13-11-25)36(34,35)31-16-21(14-19-2-6-23(28)7-3-19)27(33)22(17-31)15-20-4-8-24(29)9-5-20/h2-15H,16-17H2,1H3,(H,30,32)/b21-14+,22-15+. The highest BCUT2D eigenvalue weighted by molar-refractivity contribution is 7.89. The van der Waals surface area contributed by atoms with Crippen LogP contribution in [0.4, 0.5) is 14.5 Å². The smallest absolute Gasteiger partial charge is 0.243 e. The molecule has 0 aliphatic carbocycles. The highest BCUT2D eigenvalue weighted by Gasteiger charge is 2.34. The van der Waals surface area contributed by atoms with Gasteiger partial charge in [-0.25, -0.2) is 17.2 Å². The fourth-order valence-electron chi connectivity index (χ4n) is 3.76. The third-order valence-corrected chi connectivity index (χ3v) is 7.32. The maximum Gasteiger partial charge on any atom is 0.243 e. The molecule has 0 bridgehead atoms. The molecule has 3 aromatic carbocycles. The first-order valence-corrected chi connectivity index (χ1v) is 12.4. The average Bonchev–Trinajstić information content (AvgIpc) is 2.84. The molecule has 9 heteroatoms. The number of hydrogen-bond acceptors (Lipinski definition) is 4. The van der Waals surface area contributed by atoms with Crippen molar-refractivity contribution in [1.82, 2.24) is 4.31 Å². The van der Waals surface area contributed by atoms with E-state index < -0.39 is 21.7 Å². The van der Waals surface area contributed by atoms with Crippen LogP contribution in [0.15, 0.2) is 88.8 Å². The van der Waals surface area contributed by atoms with E-state index in [-0.39, 0.29) is 40.8 Å². The largest absolute Gasteiger partial charge is 0.326 e. The van der Waals surface area contributed by atoms with Crippen LogP contribution in [0.3, 0.4) is 0 Å². The number of Topliss-reactive ketones (excluding diaryl/α,β-unsaturated/α-hetero) is 1. The highest BCUT2D eigenvalue weighted by Crippen LogP contribution is 2.28. The van der Waals surface area contributed by atoms with Gasteiger partial charge in [-0.05, 0) is 71.8 Å². The molecule has 1 amide bonds. The molecule has 4 rings (SSSR count). The molecule has 184 valence electrons. The number of carbonyl (C=O) groups excluding carboxylic acids is 2. The van der Waals surface area contributed by atoms with E-state index in [9.17, 15) is 26.8 Å². The van der Waals surface area contributed by atoms with E-state index >= 15 is 0 Å². The van der Waals surface area contributed by atoms with Crippen LogP contribution in [0.2, 0.25) is 0 Å². The fourth-order valence-corrected chi connectivity index (χ4v) is 5.16. The Hall–Kier alpha value is -3.95. The minimum absolute atomic E-state index is 0.00628. The van der Waals surface area contributed by atoms with E-state index in [1.807, 2.05) is 0 Å². The molecule has 0 radical (unpaired) electrons. The van der Waals surface area contributed by atoms with Crippen molar-refractivity contribution in [2.45, 2.75) is 11.8 Å². The second-order valence-corrected chi connectivity index (χ2v) is 10.2. The van der Waals surface area contributed by atoms with Crippen molar-refractivity contribution in [2.24, 2.45) is 0 Å². The predicted octanol–water partition coefficient (Wildman–Crippen LogP) is 4.66. The summed E-state index contributed by atoms with van der Waals surface area (Å²) >= 11 is 0. The maximum atomic E-state index is 13.5. The van der Waals surface area contributed by atoms with Crippen LogP contribution in [0.25, 0.3) is 12.2 Å². The SMILES string of the molecule is CC(=O)Nc1ccc(S(=O)(=O)N2C/C(=C\c3ccc(F)cc3)C(=O)/C(=C/c3ccc(F)cc3)C2)cc1. The number of anilines is 1. The van der Waals surface area contributed by atoms with E-state index in [0.717, 1.165) is 0 Å². The Kier molecular flexibility index (Phi) is 7.23. The molecule has 1 fully saturated rings. The van der Waals surface area contributed by atoms with E-state index in [4.69, 9.17) is 0 Å². The fraction of sp³-hybridized carbons (Fsp3) is 0.111. The molecule has 0 saturated carbocycles. The molecule has 1 saturated heterocycles. The van der Waals surface area contributed by atoms with Crippen LogP contribution in [0.5, 0.6) is 0 Å². The van der Waals surface area contributed by atoms with E-state index in [1.165, 1.54) is 96.2 Å². The number of nitrogens with one attached hydrogen (secondary N) is 1. The number of carbonyl (C=O) groups is 2. The molecule has 3 aromatic rings. The van der Waals surface area contributed by atoms with Crippen molar-refractivity contribution in [3.63, 3.8) is 0 Å². The van der Waals surface area contributed by atoms with Crippen LogP contribution in [0, 0.1) is 11.6 Å². The normalized spacial score (nSPS) is 16.9. The Balaban J connectivity index is 1.73. The third kappa shape index (κ3) is 5.81. The van der Waals surface area contributed by atoms with Crippen molar-refractivity contribution >= 4 is 39.6 Å². The first-order chi connectivity index (χ1) is 17.1.